The number of rotatable bonds is 6. The topological polar surface area (TPSA) is 64.0 Å². The van der Waals surface area contributed by atoms with Gasteiger partial charge in [0, 0.05) is 11.4 Å². The highest BCUT2D eigenvalue weighted by atomic mass is 32.2. The van der Waals surface area contributed by atoms with Crippen LogP contribution in [-0.4, -0.2) is 20.7 Å². The predicted molar refractivity (Wildman–Crippen MR) is 124 cm³/mol. The molecule has 31 heavy (non-hydrogen) atoms. The number of fused-ring (bicyclic) bond motifs is 3. The Labute approximate surface area is 189 Å². The first-order valence-corrected chi connectivity index (χ1v) is 12.4. The zero-order chi connectivity index (χ0) is 22.1. The molecule has 4 rings (SSSR count). The van der Waals surface area contributed by atoms with Crippen LogP contribution < -0.4 is 10.9 Å². The van der Waals surface area contributed by atoms with Crippen LogP contribution in [0.25, 0.3) is 10.2 Å². The lowest BCUT2D eigenvalue weighted by atomic mass is 9.97. The number of hydrogen-bond acceptors (Lipinski definition) is 5. The summed E-state index contributed by atoms with van der Waals surface area (Å²) in [7, 11) is 0. The quantitative estimate of drug-likeness (QED) is 0.423. The van der Waals surface area contributed by atoms with Gasteiger partial charge in [-0.15, -0.1) is 11.3 Å². The van der Waals surface area contributed by atoms with Crippen molar-refractivity contribution >= 4 is 39.2 Å². The molecular weight excluding hydrogens is 433 g/mol. The molecule has 1 aliphatic carbocycles. The van der Waals surface area contributed by atoms with Crippen LogP contribution in [0.3, 0.4) is 0 Å². The normalized spacial score (nSPS) is 15.5. The molecule has 0 bridgehead atoms. The van der Waals surface area contributed by atoms with Crippen molar-refractivity contribution in [2.24, 2.45) is 0 Å². The first-order valence-electron chi connectivity index (χ1n) is 10.7. The van der Waals surface area contributed by atoms with E-state index < -0.39 is 5.25 Å². The molecule has 2 unspecified atom stereocenters. The summed E-state index contributed by atoms with van der Waals surface area (Å²) in [6.45, 7) is 6.12. The second-order valence-corrected chi connectivity index (χ2v) is 10.3. The van der Waals surface area contributed by atoms with E-state index in [0.29, 0.717) is 11.7 Å². The van der Waals surface area contributed by atoms with E-state index in [4.69, 9.17) is 4.98 Å². The number of thioether (sulfide) groups is 1. The fourth-order valence-corrected chi connectivity index (χ4v) is 6.25. The first-order chi connectivity index (χ1) is 14.9. The highest BCUT2D eigenvalue weighted by Crippen LogP contribution is 2.35. The molecule has 1 N–H and O–H groups in total. The molecular formula is C23H26FN3O2S2. The van der Waals surface area contributed by atoms with Gasteiger partial charge in [0.25, 0.3) is 5.56 Å². The highest BCUT2D eigenvalue weighted by Gasteiger charge is 2.24. The second kappa shape index (κ2) is 9.12. The first kappa shape index (κ1) is 22.0. The van der Waals surface area contributed by atoms with Crippen molar-refractivity contribution in [2.45, 2.75) is 69.4 Å². The van der Waals surface area contributed by atoms with Gasteiger partial charge in [0.1, 0.15) is 10.6 Å². The minimum absolute atomic E-state index is 0.00156. The van der Waals surface area contributed by atoms with E-state index in [9.17, 15) is 14.0 Å². The number of aromatic nitrogens is 2. The summed E-state index contributed by atoms with van der Waals surface area (Å²) in [5.74, 6) is -0.454. The molecule has 2 atom stereocenters. The lowest BCUT2D eigenvalue weighted by Crippen LogP contribution is -2.34. The molecule has 0 saturated heterocycles. The average molecular weight is 460 g/mol. The number of nitrogens with one attached hydrogen (secondary N) is 1. The van der Waals surface area contributed by atoms with Crippen molar-refractivity contribution in [3.63, 3.8) is 0 Å². The lowest BCUT2D eigenvalue weighted by Gasteiger charge is -2.18. The minimum Gasteiger partial charge on any atom is -0.349 e. The van der Waals surface area contributed by atoms with Crippen molar-refractivity contribution in [2.75, 3.05) is 0 Å². The summed E-state index contributed by atoms with van der Waals surface area (Å²) in [4.78, 5) is 32.9. The van der Waals surface area contributed by atoms with Gasteiger partial charge in [-0.25, -0.2) is 9.37 Å². The largest absolute Gasteiger partial charge is 0.349 e. The summed E-state index contributed by atoms with van der Waals surface area (Å²) in [6, 6.07) is 5.86. The third-order valence-electron chi connectivity index (χ3n) is 5.74. The Hall–Kier alpha value is -2.19. The Morgan fingerprint density at radius 1 is 1.26 bits per heavy atom. The molecule has 5 nitrogen and oxygen atoms in total. The van der Waals surface area contributed by atoms with E-state index in [1.54, 1.807) is 28.0 Å². The van der Waals surface area contributed by atoms with E-state index >= 15 is 0 Å². The molecule has 0 fully saturated rings. The molecule has 2 heterocycles. The van der Waals surface area contributed by atoms with Crippen LogP contribution in [0.1, 0.15) is 55.7 Å². The van der Waals surface area contributed by atoms with E-state index in [1.807, 2.05) is 20.8 Å². The summed E-state index contributed by atoms with van der Waals surface area (Å²) < 4.78 is 14.8. The number of carbonyl (C=O) groups is 1. The fourth-order valence-electron chi connectivity index (χ4n) is 3.97. The van der Waals surface area contributed by atoms with E-state index in [-0.39, 0.29) is 23.3 Å². The van der Waals surface area contributed by atoms with Crippen molar-refractivity contribution in [3.8, 4) is 0 Å². The monoisotopic (exact) mass is 459 g/mol. The Bertz CT molecular complexity index is 1170. The molecule has 2 aromatic heterocycles. The second-order valence-electron chi connectivity index (χ2n) is 7.88. The number of nitrogens with zero attached hydrogens (tertiary/aromatic N) is 2. The number of aryl methyl sites for hydroxylation is 2. The average Bonchev–Trinajstić information content (AvgIpc) is 3.12. The van der Waals surface area contributed by atoms with Gasteiger partial charge >= 0.3 is 0 Å². The van der Waals surface area contributed by atoms with E-state index in [0.717, 1.165) is 41.5 Å². The van der Waals surface area contributed by atoms with Gasteiger partial charge in [-0.2, -0.15) is 0 Å². The summed E-state index contributed by atoms with van der Waals surface area (Å²) in [5, 5.41) is 3.89. The van der Waals surface area contributed by atoms with Crippen molar-refractivity contribution < 1.29 is 9.18 Å². The van der Waals surface area contributed by atoms with Gasteiger partial charge in [0.2, 0.25) is 5.91 Å². The smallest absolute Gasteiger partial charge is 0.263 e. The number of thiophene rings is 1. The van der Waals surface area contributed by atoms with Crippen LogP contribution in [0.4, 0.5) is 4.39 Å². The molecule has 164 valence electrons. The minimum atomic E-state index is -0.431. The molecule has 0 spiro atoms. The van der Waals surface area contributed by atoms with Crippen LogP contribution in [-0.2, 0) is 24.2 Å². The van der Waals surface area contributed by atoms with Crippen LogP contribution in [0.2, 0.25) is 0 Å². The van der Waals surface area contributed by atoms with E-state index in [1.165, 1.54) is 34.3 Å². The number of benzene rings is 1. The summed E-state index contributed by atoms with van der Waals surface area (Å²) in [6.07, 6.45) is 4.24. The van der Waals surface area contributed by atoms with Gasteiger partial charge in [-0.1, -0.05) is 23.9 Å². The Morgan fingerprint density at radius 3 is 2.68 bits per heavy atom. The van der Waals surface area contributed by atoms with Crippen molar-refractivity contribution in [3.05, 3.63) is 56.4 Å². The molecule has 1 aromatic carbocycles. The number of carbonyl (C=O) groups excluding carboxylic acids is 1. The third kappa shape index (κ3) is 4.41. The highest BCUT2D eigenvalue weighted by molar-refractivity contribution is 8.00. The molecule has 0 radical (unpaired) electrons. The van der Waals surface area contributed by atoms with Crippen LogP contribution in [0.15, 0.2) is 34.2 Å². The molecule has 0 saturated carbocycles. The fraction of sp³-hybridized carbons (Fsp3) is 0.435. The number of amides is 1. The molecule has 8 heteroatoms. The van der Waals surface area contributed by atoms with Gasteiger partial charge in [0.15, 0.2) is 5.16 Å². The SMILES string of the molecule is CCn1c(SC(C)C(=O)NC(C)c2ccc(F)cc2)nc2sc3c(c2c1=O)CCCC3. The Kier molecular flexibility index (Phi) is 6.48. The number of halogens is 1. The zero-order valence-electron chi connectivity index (χ0n) is 17.9. The third-order valence-corrected chi connectivity index (χ3v) is 8.01. The summed E-state index contributed by atoms with van der Waals surface area (Å²) >= 11 is 2.93. The molecule has 1 aliphatic rings. The Morgan fingerprint density at radius 2 is 1.97 bits per heavy atom. The van der Waals surface area contributed by atoms with Gasteiger partial charge in [0.05, 0.1) is 16.7 Å². The lowest BCUT2D eigenvalue weighted by molar-refractivity contribution is -0.120. The Balaban J connectivity index is 1.56. The van der Waals surface area contributed by atoms with Crippen LogP contribution >= 0.6 is 23.1 Å². The number of hydrogen-bond donors (Lipinski definition) is 1. The molecule has 1 amide bonds. The molecule has 3 aromatic rings. The maximum Gasteiger partial charge on any atom is 0.263 e. The maximum absolute atomic E-state index is 13.2. The summed E-state index contributed by atoms with van der Waals surface area (Å²) in [5.41, 5.74) is 2.02. The van der Waals surface area contributed by atoms with Gasteiger partial charge in [-0.3, -0.25) is 14.2 Å². The van der Waals surface area contributed by atoms with Gasteiger partial charge < -0.3 is 5.32 Å². The molecule has 0 aliphatic heterocycles. The van der Waals surface area contributed by atoms with E-state index in [2.05, 4.69) is 5.32 Å². The standard InChI is InChI=1S/C23H26FN3O2S2/c1-4-27-22(29)19-17-7-5-6-8-18(17)31-21(19)26-23(27)30-14(3)20(28)25-13(2)15-9-11-16(24)12-10-15/h9-14H,4-8H2,1-3H3,(H,25,28). The van der Waals surface area contributed by atoms with Crippen molar-refractivity contribution in [1.29, 1.82) is 0 Å². The van der Waals surface area contributed by atoms with Crippen LogP contribution in [0, 0.1) is 5.82 Å². The predicted octanol–water partition coefficient (Wildman–Crippen LogP) is 4.85. The zero-order valence-corrected chi connectivity index (χ0v) is 19.5. The van der Waals surface area contributed by atoms with Gasteiger partial charge in [-0.05, 0) is 69.7 Å². The van der Waals surface area contributed by atoms with Crippen LogP contribution in [0.5, 0.6) is 0 Å². The maximum atomic E-state index is 13.2. The van der Waals surface area contributed by atoms with Crippen molar-refractivity contribution in [1.82, 2.24) is 14.9 Å².